The van der Waals surface area contributed by atoms with Gasteiger partial charge in [0.15, 0.2) is 0 Å². The van der Waals surface area contributed by atoms with Crippen molar-refractivity contribution in [2.45, 2.75) is 13.0 Å². The number of aliphatic hydroxyl groups is 1. The monoisotopic (exact) mass is 242 g/mol. The minimum absolute atomic E-state index is 0.0252. The Morgan fingerprint density at radius 3 is 2.56 bits per heavy atom. The Bertz CT molecular complexity index is 511. The average molecular weight is 242 g/mol. The Kier molecular flexibility index (Phi) is 3.85. The van der Waals surface area contributed by atoms with Crippen LogP contribution in [0.1, 0.15) is 17.2 Å². The molecule has 0 aliphatic rings. The summed E-state index contributed by atoms with van der Waals surface area (Å²) in [5.74, 6) is 0. The first-order chi connectivity index (χ1) is 8.70. The fraction of sp³-hybridized carbons (Fsp3) is 0.200. The highest BCUT2D eigenvalue weighted by atomic mass is 16.3. The third-order valence-corrected chi connectivity index (χ3v) is 2.92. The SMILES string of the molecule is Cc1ccc(N)c(NC(CO)c2ccccc2)c1. The van der Waals surface area contributed by atoms with Gasteiger partial charge in [-0.25, -0.2) is 0 Å². The number of aryl methyl sites for hydroxylation is 1. The summed E-state index contributed by atoms with van der Waals surface area (Å²) in [6.45, 7) is 2.04. The van der Waals surface area contributed by atoms with E-state index >= 15 is 0 Å². The van der Waals surface area contributed by atoms with Gasteiger partial charge in [-0.15, -0.1) is 0 Å². The summed E-state index contributed by atoms with van der Waals surface area (Å²) in [6.07, 6.45) is 0. The standard InChI is InChI=1S/C15H18N2O/c1-11-7-8-13(16)14(9-11)17-15(10-18)12-5-3-2-4-6-12/h2-9,15,17-18H,10,16H2,1H3. The maximum absolute atomic E-state index is 9.50. The van der Waals surface area contributed by atoms with Gasteiger partial charge in [0.05, 0.1) is 24.0 Å². The first kappa shape index (κ1) is 12.5. The summed E-state index contributed by atoms with van der Waals surface area (Å²) in [5, 5.41) is 12.8. The van der Waals surface area contributed by atoms with Crippen molar-refractivity contribution in [3.05, 3.63) is 59.7 Å². The van der Waals surface area contributed by atoms with Crippen LogP contribution in [0.15, 0.2) is 48.5 Å². The minimum Gasteiger partial charge on any atom is -0.397 e. The number of benzene rings is 2. The second-order valence-corrected chi connectivity index (χ2v) is 4.38. The lowest BCUT2D eigenvalue weighted by Crippen LogP contribution is -2.15. The van der Waals surface area contributed by atoms with Gasteiger partial charge in [-0.05, 0) is 30.2 Å². The van der Waals surface area contributed by atoms with E-state index in [0.717, 1.165) is 16.8 Å². The number of hydrogen-bond donors (Lipinski definition) is 3. The predicted molar refractivity (Wildman–Crippen MR) is 75.5 cm³/mol. The summed E-state index contributed by atoms with van der Waals surface area (Å²) in [5.41, 5.74) is 9.65. The van der Waals surface area contributed by atoms with E-state index < -0.39 is 0 Å². The maximum atomic E-state index is 9.50. The van der Waals surface area contributed by atoms with Crippen molar-refractivity contribution in [1.82, 2.24) is 0 Å². The molecule has 0 fully saturated rings. The van der Waals surface area contributed by atoms with Gasteiger partial charge in [0.25, 0.3) is 0 Å². The molecular formula is C15H18N2O. The third kappa shape index (κ3) is 2.81. The topological polar surface area (TPSA) is 58.3 Å². The highest BCUT2D eigenvalue weighted by Gasteiger charge is 2.11. The first-order valence-electron chi connectivity index (χ1n) is 5.99. The fourth-order valence-electron chi connectivity index (χ4n) is 1.90. The molecule has 0 saturated carbocycles. The second-order valence-electron chi connectivity index (χ2n) is 4.38. The number of nitrogens with two attached hydrogens (primary N) is 1. The van der Waals surface area contributed by atoms with E-state index in [0.29, 0.717) is 5.69 Å². The molecule has 0 radical (unpaired) electrons. The summed E-state index contributed by atoms with van der Waals surface area (Å²) in [7, 11) is 0. The van der Waals surface area contributed by atoms with Gasteiger partial charge in [-0.3, -0.25) is 0 Å². The highest BCUT2D eigenvalue weighted by molar-refractivity contribution is 5.67. The molecule has 1 unspecified atom stereocenters. The van der Waals surface area contributed by atoms with Crippen molar-refractivity contribution in [2.75, 3.05) is 17.7 Å². The molecule has 0 heterocycles. The molecule has 18 heavy (non-hydrogen) atoms. The van der Waals surface area contributed by atoms with E-state index in [1.165, 1.54) is 0 Å². The Morgan fingerprint density at radius 1 is 1.17 bits per heavy atom. The lowest BCUT2D eigenvalue weighted by molar-refractivity contribution is 0.276. The number of nitrogen functional groups attached to an aromatic ring is 1. The molecule has 0 bridgehead atoms. The van der Waals surface area contributed by atoms with Crippen LogP contribution in [0, 0.1) is 6.92 Å². The van der Waals surface area contributed by atoms with Crippen LogP contribution in [0.4, 0.5) is 11.4 Å². The normalized spacial score (nSPS) is 12.1. The number of aliphatic hydroxyl groups excluding tert-OH is 1. The van der Waals surface area contributed by atoms with Gasteiger partial charge in [-0.2, -0.15) is 0 Å². The molecular weight excluding hydrogens is 224 g/mol. The van der Waals surface area contributed by atoms with Crippen molar-refractivity contribution in [3.8, 4) is 0 Å². The van der Waals surface area contributed by atoms with Gasteiger partial charge in [0.1, 0.15) is 0 Å². The summed E-state index contributed by atoms with van der Waals surface area (Å²) >= 11 is 0. The zero-order valence-corrected chi connectivity index (χ0v) is 10.4. The molecule has 0 spiro atoms. The lowest BCUT2D eigenvalue weighted by Gasteiger charge is -2.19. The van der Waals surface area contributed by atoms with Crippen LogP contribution in [0.2, 0.25) is 0 Å². The van der Waals surface area contributed by atoms with Gasteiger partial charge < -0.3 is 16.2 Å². The Balaban J connectivity index is 2.23. The Hall–Kier alpha value is -2.00. The van der Waals surface area contributed by atoms with Crippen LogP contribution < -0.4 is 11.1 Å². The molecule has 0 aromatic heterocycles. The third-order valence-electron chi connectivity index (χ3n) is 2.92. The number of nitrogens with one attached hydrogen (secondary N) is 1. The molecule has 1 atom stereocenters. The molecule has 2 rings (SSSR count). The highest BCUT2D eigenvalue weighted by Crippen LogP contribution is 2.25. The van der Waals surface area contributed by atoms with E-state index in [9.17, 15) is 5.11 Å². The average Bonchev–Trinajstić information content (AvgIpc) is 2.41. The van der Waals surface area contributed by atoms with Crippen molar-refractivity contribution in [2.24, 2.45) is 0 Å². The molecule has 3 heteroatoms. The summed E-state index contributed by atoms with van der Waals surface area (Å²) < 4.78 is 0. The van der Waals surface area contributed by atoms with Crippen molar-refractivity contribution >= 4 is 11.4 Å². The largest absolute Gasteiger partial charge is 0.397 e. The molecule has 2 aromatic carbocycles. The molecule has 0 aliphatic heterocycles. The van der Waals surface area contributed by atoms with Crippen LogP contribution in [-0.4, -0.2) is 11.7 Å². The maximum Gasteiger partial charge on any atom is 0.0745 e. The molecule has 2 aromatic rings. The van der Waals surface area contributed by atoms with Crippen molar-refractivity contribution in [3.63, 3.8) is 0 Å². The van der Waals surface area contributed by atoms with Crippen LogP contribution in [0.3, 0.4) is 0 Å². The van der Waals surface area contributed by atoms with E-state index in [4.69, 9.17) is 5.73 Å². The van der Waals surface area contributed by atoms with E-state index in [-0.39, 0.29) is 12.6 Å². The van der Waals surface area contributed by atoms with Crippen LogP contribution in [0.5, 0.6) is 0 Å². The molecule has 0 amide bonds. The van der Waals surface area contributed by atoms with Gasteiger partial charge in [0.2, 0.25) is 0 Å². The molecule has 0 saturated heterocycles. The van der Waals surface area contributed by atoms with E-state index in [1.54, 1.807) is 0 Å². The predicted octanol–water partition coefficient (Wildman–Crippen LogP) is 2.72. The Labute approximate surface area is 107 Å². The number of rotatable bonds is 4. The summed E-state index contributed by atoms with van der Waals surface area (Å²) in [4.78, 5) is 0. The smallest absolute Gasteiger partial charge is 0.0745 e. The van der Waals surface area contributed by atoms with E-state index in [1.807, 2.05) is 55.5 Å². The first-order valence-corrected chi connectivity index (χ1v) is 5.99. The molecule has 94 valence electrons. The van der Waals surface area contributed by atoms with Crippen LogP contribution in [-0.2, 0) is 0 Å². The fourth-order valence-corrected chi connectivity index (χ4v) is 1.90. The Morgan fingerprint density at radius 2 is 1.89 bits per heavy atom. The quantitative estimate of drug-likeness (QED) is 0.722. The van der Waals surface area contributed by atoms with Crippen LogP contribution >= 0.6 is 0 Å². The number of anilines is 2. The number of hydrogen-bond acceptors (Lipinski definition) is 3. The van der Waals surface area contributed by atoms with Crippen molar-refractivity contribution < 1.29 is 5.11 Å². The molecule has 0 aliphatic carbocycles. The summed E-state index contributed by atoms with van der Waals surface area (Å²) in [6, 6.07) is 15.5. The lowest BCUT2D eigenvalue weighted by atomic mass is 10.1. The molecule has 3 nitrogen and oxygen atoms in total. The molecule has 4 N–H and O–H groups in total. The zero-order chi connectivity index (χ0) is 13.0. The minimum atomic E-state index is -0.143. The van der Waals surface area contributed by atoms with Gasteiger partial charge >= 0.3 is 0 Å². The van der Waals surface area contributed by atoms with E-state index in [2.05, 4.69) is 5.32 Å². The van der Waals surface area contributed by atoms with Gasteiger partial charge in [0, 0.05) is 0 Å². The second kappa shape index (κ2) is 5.56. The van der Waals surface area contributed by atoms with Crippen molar-refractivity contribution in [1.29, 1.82) is 0 Å². The van der Waals surface area contributed by atoms with Gasteiger partial charge in [-0.1, -0.05) is 36.4 Å². The zero-order valence-electron chi connectivity index (χ0n) is 10.4. The van der Waals surface area contributed by atoms with Crippen LogP contribution in [0.25, 0.3) is 0 Å².